The first-order valence-electron chi connectivity index (χ1n) is 7.98. The molecule has 128 valence electrons. The first-order chi connectivity index (χ1) is 12.0. The highest BCUT2D eigenvalue weighted by atomic mass is 35.5. The lowest BCUT2D eigenvalue weighted by atomic mass is 9.98. The van der Waals surface area contributed by atoms with E-state index in [-0.39, 0.29) is 24.8 Å². The predicted octanol–water partition coefficient (Wildman–Crippen LogP) is 2.22. The molecule has 5 nitrogen and oxygen atoms in total. The van der Waals surface area contributed by atoms with Gasteiger partial charge < -0.3 is 5.32 Å². The number of nitrogens with zero attached hydrogens (tertiary/aromatic N) is 1. The second kappa shape index (κ2) is 7.49. The highest BCUT2D eigenvalue weighted by molar-refractivity contribution is 6.30. The summed E-state index contributed by atoms with van der Waals surface area (Å²) < 4.78 is 0. The summed E-state index contributed by atoms with van der Waals surface area (Å²) in [6, 6.07) is 14.3. The van der Waals surface area contributed by atoms with Gasteiger partial charge in [0.25, 0.3) is 5.91 Å². The maximum Gasteiger partial charge on any atom is 0.261 e. The van der Waals surface area contributed by atoms with Gasteiger partial charge in [-0.3, -0.25) is 19.3 Å². The zero-order chi connectivity index (χ0) is 17.8. The molecule has 0 aromatic heterocycles. The number of hydrogen-bond donors (Lipinski definition) is 1. The molecule has 0 saturated heterocycles. The lowest BCUT2D eigenvalue weighted by Gasteiger charge is -2.26. The normalized spacial score (nSPS) is 13.6. The van der Waals surface area contributed by atoms with E-state index in [1.807, 2.05) is 12.1 Å². The van der Waals surface area contributed by atoms with Crippen molar-refractivity contribution in [2.24, 2.45) is 0 Å². The van der Waals surface area contributed by atoms with Gasteiger partial charge in [-0.15, -0.1) is 0 Å². The summed E-state index contributed by atoms with van der Waals surface area (Å²) >= 11 is 5.83. The Morgan fingerprint density at radius 2 is 1.80 bits per heavy atom. The molecule has 6 heteroatoms. The maximum atomic E-state index is 12.4. The quantitative estimate of drug-likeness (QED) is 0.835. The van der Waals surface area contributed by atoms with Crippen molar-refractivity contribution in [2.45, 2.75) is 12.8 Å². The molecule has 0 spiro atoms. The molecule has 2 aromatic rings. The number of nitrogens with one attached hydrogen (secondary N) is 1. The maximum absolute atomic E-state index is 12.4. The highest BCUT2D eigenvalue weighted by Crippen LogP contribution is 2.19. The Hall–Kier alpha value is -2.66. The molecule has 1 N–H and O–H groups in total. The van der Waals surface area contributed by atoms with Crippen molar-refractivity contribution in [3.05, 3.63) is 70.2 Å². The van der Waals surface area contributed by atoms with Gasteiger partial charge in [0.15, 0.2) is 0 Å². The number of amides is 3. The van der Waals surface area contributed by atoms with E-state index in [0.29, 0.717) is 29.1 Å². The number of rotatable bonds is 5. The third-order valence-corrected chi connectivity index (χ3v) is 4.34. The van der Waals surface area contributed by atoms with E-state index in [0.717, 1.165) is 10.5 Å². The van der Waals surface area contributed by atoms with Gasteiger partial charge >= 0.3 is 0 Å². The fourth-order valence-electron chi connectivity index (χ4n) is 2.76. The third-order valence-electron chi connectivity index (χ3n) is 4.09. The minimum Gasteiger partial charge on any atom is -0.354 e. The number of benzene rings is 2. The van der Waals surface area contributed by atoms with Gasteiger partial charge in [0, 0.05) is 17.1 Å². The Morgan fingerprint density at radius 1 is 1.08 bits per heavy atom. The zero-order valence-corrected chi connectivity index (χ0v) is 14.3. The molecule has 0 atom stereocenters. The monoisotopic (exact) mass is 356 g/mol. The summed E-state index contributed by atoms with van der Waals surface area (Å²) in [7, 11) is 0. The summed E-state index contributed by atoms with van der Waals surface area (Å²) in [4.78, 5) is 37.6. The van der Waals surface area contributed by atoms with Gasteiger partial charge in [-0.1, -0.05) is 41.9 Å². The van der Waals surface area contributed by atoms with E-state index in [4.69, 9.17) is 11.6 Å². The molecule has 3 amide bonds. The largest absolute Gasteiger partial charge is 0.354 e. The van der Waals surface area contributed by atoms with E-state index in [2.05, 4.69) is 5.32 Å². The van der Waals surface area contributed by atoms with Gasteiger partial charge in [0.05, 0.1) is 6.42 Å². The number of halogens is 1. The highest BCUT2D eigenvalue weighted by Gasteiger charge is 2.31. The Kier molecular flexibility index (Phi) is 5.14. The van der Waals surface area contributed by atoms with Crippen LogP contribution in [0.25, 0.3) is 0 Å². The molecule has 1 heterocycles. The van der Waals surface area contributed by atoms with Crippen LogP contribution in [-0.2, 0) is 22.4 Å². The van der Waals surface area contributed by atoms with E-state index < -0.39 is 5.91 Å². The van der Waals surface area contributed by atoms with Crippen molar-refractivity contribution in [2.75, 3.05) is 13.1 Å². The minimum atomic E-state index is -0.417. The molecule has 1 aliphatic heterocycles. The standard InChI is InChI=1S/C19H17ClN2O3/c20-15-7-5-13(6-8-15)9-10-21-17(23)12-22-18(24)11-14-3-1-2-4-16(14)19(22)25/h1-8H,9-12H2,(H,21,23). The number of carbonyl (C=O) groups excluding carboxylic acids is 3. The molecular weight excluding hydrogens is 340 g/mol. The third kappa shape index (κ3) is 4.06. The molecular formula is C19H17ClN2O3. The van der Waals surface area contributed by atoms with Crippen molar-refractivity contribution in [3.63, 3.8) is 0 Å². The van der Waals surface area contributed by atoms with Crippen molar-refractivity contribution < 1.29 is 14.4 Å². The van der Waals surface area contributed by atoms with Gasteiger partial charge in [-0.2, -0.15) is 0 Å². The summed E-state index contributed by atoms with van der Waals surface area (Å²) in [5.74, 6) is -1.12. The fraction of sp³-hybridized carbons (Fsp3) is 0.211. The van der Waals surface area contributed by atoms with Gasteiger partial charge in [-0.05, 0) is 35.7 Å². The molecule has 1 aliphatic rings. The lowest BCUT2D eigenvalue weighted by Crippen LogP contribution is -2.47. The van der Waals surface area contributed by atoms with Gasteiger partial charge in [0.2, 0.25) is 11.8 Å². The van der Waals surface area contributed by atoms with E-state index in [1.165, 1.54) is 0 Å². The van der Waals surface area contributed by atoms with Crippen molar-refractivity contribution in [1.82, 2.24) is 10.2 Å². The topological polar surface area (TPSA) is 66.5 Å². The summed E-state index contributed by atoms with van der Waals surface area (Å²) in [6.45, 7) is 0.167. The summed E-state index contributed by atoms with van der Waals surface area (Å²) in [5.41, 5.74) is 2.23. The zero-order valence-electron chi connectivity index (χ0n) is 13.5. The first-order valence-corrected chi connectivity index (χ1v) is 8.36. The smallest absolute Gasteiger partial charge is 0.261 e. The minimum absolute atomic E-state index is 0.139. The van der Waals surface area contributed by atoms with Gasteiger partial charge in [0.1, 0.15) is 6.54 Å². The van der Waals surface area contributed by atoms with Crippen LogP contribution in [0.4, 0.5) is 0 Å². The van der Waals surface area contributed by atoms with E-state index in [9.17, 15) is 14.4 Å². The van der Waals surface area contributed by atoms with Crippen LogP contribution in [0.3, 0.4) is 0 Å². The van der Waals surface area contributed by atoms with E-state index >= 15 is 0 Å². The number of fused-ring (bicyclic) bond motifs is 1. The van der Waals surface area contributed by atoms with Crippen LogP contribution in [0.15, 0.2) is 48.5 Å². The number of imide groups is 1. The van der Waals surface area contributed by atoms with Crippen LogP contribution >= 0.6 is 11.6 Å². The molecule has 2 aromatic carbocycles. The first kappa shape index (κ1) is 17.2. The Morgan fingerprint density at radius 3 is 2.56 bits per heavy atom. The van der Waals surface area contributed by atoms with Crippen molar-refractivity contribution >= 4 is 29.3 Å². The summed E-state index contributed by atoms with van der Waals surface area (Å²) in [6.07, 6.45) is 0.785. The average molecular weight is 357 g/mol. The number of carbonyl (C=O) groups is 3. The molecule has 3 rings (SSSR count). The van der Waals surface area contributed by atoms with E-state index in [1.54, 1.807) is 36.4 Å². The molecule has 0 aliphatic carbocycles. The average Bonchev–Trinajstić information content (AvgIpc) is 2.60. The fourth-order valence-corrected chi connectivity index (χ4v) is 2.88. The van der Waals surface area contributed by atoms with Crippen LogP contribution in [0.2, 0.25) is 5.02 Å². The Labute approximate surface area is 150 Å². The van der Waals surface area contributed by atoms with Gasteiger partial charge in [-0.25, -0.2) is 0 Å². The Balaban J connectivity index is 1.55. The number of hydrogen-bond acceptors (Lipinski definition) is 3. The van der Waals surface area contributed by atoms with Crippen LogP contribution in [0.5, 0.6) is 0 Å². The van der Waals surface area contributed by atoms with Crippen LogP contribution in [0, 0.1) is 0 Å². The predicted molar refractivity (Wildman–Crippen MR) is 94.4 cm³/mol. The van der Waals surface area contributed by atoms with Crippen molar-refractivity contribution in [3.8, 4) is 0 Å². The summed E-state index contributed by atoms with van der Waals surface area (Å²) in [5, 5.41) is 3.40. The molecule has 0 bridgehead atoms. The lowest BCUT2D eigenvalue weighted by molar-refractivity contribution is -0.133. The molecule has 25 heavy (non-hydrogen) atoms. The van der Waals surface area contributed by atoms with Crippen LogP contribution < -0.4 is 5.32 Å². The molecule has 0 radical (unpaired) electrons. The van der Waals surface area contributed by atoms with Crippen molar-refractivity contribution in [1.29, 1.82) is 0 Å². The Bertz CT molecular complexity index is 818. The van der Waals surface area contributed by atoms with Crippen LogP contribution in [0.1, 0.15) is 21.5 Å². The molecule has 0 saturated carbocycles. The second-order valence-corrected chi connectivity index (χ2v) is 6.28. The second-order valence-electron chi connectivity index (χ2n) is 5.85. The SMILES string of the molecule is O=C(CN1C(=O)Cc2ccccc2C1=O)NCCc1ccc(Cl)cc1. The molecule has 0 unspecified atom stereocenters. The van der Waals surface area contributed by atoms with Crippen LogP contribution in [-0.4, -0.2) is 35.7 Å². The molecule has 0 fully saturated rings.